The molecular formula is C14H23N3O2. The highest BCUT2D eigenvalue weighted by Gasteiger charge is 2.24. The Balaban J connectivity index is 1.96. The summed E-state index contributed by atoms with van der Waals surface area (Å²) >= 11 is 0. The lowest BCUT2D eigenvalue weighted by atomic mass is 10.1. The topological polar surface area (TPSA) is 59.8 Å². The van der Waals surface area contributed by atoms with Gasteiger partial charge in [-0.05, 0) is 19.9 Å². The number of aliphatic hydroxyl groups excluding tert-OH is 1. The molecule has 1 aliphatic rings. The summed E-state index contributed by atoms with van der Waals surface area (Å²) in [5.41, 5.74) is 0.224. The average molecular weight is 265 g/mol. The van der Waals surface area contributed by atoms with Crippen LogP contribution >= 0.6 is 0 Å². The molecule has 1 fully saturated rings. The van der Waals surface area contributed by atoms with Gasteiger partial charge in [-0.25, -0.2) is 4.98 Å². The summed E-state index contributed by atoms with van der Waals surface area (Å²) in [6.45, 7) is 7.95. The van der Waals surface area contributed by atoms with Crippen LogP contribution < -0.4 is 4.90 Å². The van der Waals surface area contributed by atoms with Crippen molar-refractivity contribution in [1.82, 2.24) is 9.88 Å². The molecule has 0 saturated carbocycles. The van der Waals surface area contributed by atoms with Crippen LogP contribution in [-0.4, -0.2) is 58.4 Å². The summed E-state index contributed by atoms with van der Waals surface area (Å²) in [6, 6.07) is 3.76. The molecule has 0 spiro atoms. The molecule has 19 heavy (non-hydrogen) atoms. The van der Waals surface area contributed by atoms with Gasteiger partial charge in [-0.3, -0.25) is 4.90 Å². The van der Waals surface area contributed by atoms with E-state index in [1.54, 1.807) is 6.20 Å². The highest BCUT2D eigenvalue weighted by Crippen LogP contribution is 2.19. The van der Waals surface area contributed by atoms with Crippen LogP contribution in [0.25, 0.3) is 0 Å². The van der Waals surface area contributed by atoms with Crippen molar-refractivity contribution in [3.63, 3.8) is 0 Å². The Hall–Kier alpha value is -1.17. The first kappa shape index (κ1) is 14.2. The first-order chi connectivity index (χ1) is 8.99. The highest BCUT2D eigenvalue weighted by molar-refractivity contribution is 5.46. The quantitative estimate of drug-likeness (QED) is 0.828. The molecule has 2 rings (SSSR count). The van der Waals surface area contributed by atoms with E-state index in [4.69, 9.17) is 0 Å². The van der Waals surface area contributed by atoms with Gasteiger partial charge in [0.15, 0.2) is 0 Å². The van der Waals surface area contributed by atoms with Gasteiger partial charge < -0.3 is 15.1 Å². The van der Waals surface area contributed by atoms with Gasteiger partial charge in [-0.1, -0.05) is 6.07 Å². The summed E-state index contributed by atoms with van der Waals surface area (Å²) < 4.78 is 0. The smallest absolute Gasteiger partial charge is 0.134 e. The van der Waals surface area contributed by atoms with E-state index < -0.39 is 5.60 Å². The number of pyridine rings is 1. The van der Waals surface area contributed by atoms with Gasteiger partial charge in [0, 0.05) is 44.5 Å². The van der Waals surface area contributed by atoms with Crippen LogP contribution in [0, 0.1) is 0 Å². The number of hydrogen-bond acceptors (Lipinski definition) is 5. The molecule has 5 heteroatoms. The molecule has 0 aliphatic carbocycles. The SMILES string of the molecule is CC(C)(O)CN1CCN(c2ncccc2CO)CC1. The van der Waals surface area contributed by atoms with Crippen molar-refractivity contribution < 1.29 is 10.2 Å². The molecular weight excluding hydrogens is 242 g/mol. The standard InChI is InChI=1S/C14H23N3O2/c1-14(2,19)11-16-6-8-17(9-7-16)13-12(10-18)4-3-5-15-13/h3-5,18-19H,6-11H2,1-2H3. The molecule has 0 atom stereocenters. The Morgan fingerprint density at radius 1 is 1.26 bits per heavy atom. The fourth-order valence-corrected chi connectivity index (χ4v) is 2.50. The van der Waals surface area contributed by atoms with E-state index in [1.807, 2.05) is 26.0 Å². The molecule has 1 aliphatic heterocycles. The van der Waals surface area contributed by atoms with E-state index in [1.165, 1.54) is 0 Å². The van der Waals surface area contributed by atoms with Crippen LogP contribution in [0.3, 0.4) is 0 Å². The predicted molar refractivity (Wildman–Crippen MR) is 75.1 cm³/mol. The van der Waals surface area contributed by atoms with E-state index in [9.17, 15) is 10.2 Å². The molecule has 106 valence electrons. The van der Waals surface area contributed by atoms with Gasteiger partial charge in [-0.15, -0.1) is 0 Å². The molecule has 1 saturated heterocycles. The maximum atomic E-state index is 9.83. The molecule has 1 aromatic rings. The molecule has 0 aromatic carbocycles. The number of β-amino-alcohol motifs (C(OH)–C–C–N with tert-alkyl or cyclic N) is 1. The highest BCUT2D eigenvalue weighted by atomic mass is 16.3. The zero-order valence-corrected chi connectivity index (χ0v) is 11.7. The third kappa shape index (κ3) is 3.89. The van der Waals surface area contributed by atoms with Crippen molar-refractivity contribution in [2.24, 2.45) is 0 Å². The minimum absolute atomic E-state index is 0.0209. The lowest BCUT2D eigenvalue weighted by Crippen LogP contribution is -2.50. The van der Waals surface area contributed by atoms with Crippen molar-refractivity contribution in [2.75, 3.05) is 37.6 Å². The van der Waals surface area contributed by atoms with Crippen molar-refractivity contribution in [2.45, 2.75) is 26.1 Å². The summed E-state index contributed by atoms with van der Waals surface area (Å²) in [5.74, 6) is 0.882. The number of aromatic nitrogens is 1. The predicted octanol–water partition coefficient (Wildman–Crippen LogP) is 0.467. The van der Waals surface area contributed by atoms with Gasteiger partial charge in [0.05, 0.1) is 12.2 Å². The normalized spacial score (nSPS) is 17.8. The summed E-state index contributed by atoms with van der Waals surface area (Å²) in [5, 5.41) is 19.2. The summed E-state index contributed by atoms with van der Waals surface area (Å²) in [4.78, 5) is 8.83. The number of rotatable bonds is 4. The van der Waals surface area contributed by atoms with Crippen molar-refractivity contribution in [3.05, 3.63) is 23.9 Å². The van der Waals surface area contributed by atoms with Crippen LogP contribution in [0.2, 0.25) is 0 Å². The van der Waals surface area contributed by atoms with E-state index in [0.717, 1.165) is 37.6 Å². The third-order valence-corrected chi connectivity index (χ3v) is 3.32. The second kappa shape index (κ2) is 5.86. The summed E-state index contributed by atoms with van der Waals surface area (Å²) in [7, 11) is 0. The van der Waals surface area contributed by atoms with Crippen LogP contribution in [0.4, 0.5) is 5.82 Å². The zero-order chi connectivity index (χ0) is 13.9. The van der Waals surface area contributed by atoms with E-state index in [2.05, 4.69) is 14.8 Å². The Kier molecular flexibility index (Phi) is 4.39. The fourth-order valence-electron chi connectivity index (χ4n) is 2.50. The van der Waals surface area contributed by atoms with E-state index in [0.29, 0.717) is 6.54 Å². The lowest BCUT2D eigenvalue weighted by molar-refractivity contribution is 0.0344. The molecule has 0 radical (unpaired) electrons. The third-order valence-electron chi connectivity index (χ3n) is 3.32. The van der Waals surface area contributed by atoms with Crippen molar-refractivity contribution in [1.29, 1.82) is 0 Å². The molecule has 0 amide bonds. The zero-order valence-electron chi connectivity index (χ0n) is 11.7. The number of nitrogens with zero attached hydrogens (tertiary/aromatic N) is 3. The minimum atomic E-state index is -0.649. The van der Waals surface area contributed by atoms with Crippen LogP contribution in [0.5, 0.6) is 0 Å². The first-order valence-electron chi connectivity index (χ1n) is 6.74. The largest absolute Gasteiger partial charge is 0.392 e. The number of piperazine rings is 1. The second-order valence-corrected chi connectivity index (χ2v) is 5.72. The number of aliphatic hydroxyl groups is 2. The molecule has 1 aromatic heterocycles. The van der Waals surface area contributed by atoms with Crippen molar-refractivity contribution in [3.8, 4) is 0 Å². The average Bonchev–Trinajstić information content (AvgIpc) is 2.38. The number of hydrogen-bond donors (Lipinski definition) is 2. The maximum absolute atomic E-state index is 9.83. The van der Waals surface area contributed by atoms with Gasteiger partial charge in [-0.2, -0.15) is 0 Å². The van der Waals surface area contributed by atoms with Gasteiger partial charge in [0.1, 0.15) is 5.82 Å². The molecule has 2 N–H and O–H groups in total. The van der Waals surface area contributed by atoms with Crippen LogP contribution in [0.1, 0.15) is 19.4 Å². The summed E-state index contributed by atoms with van der Waals surface area (Å²) in [6.07, 6.45) is 1.76. The monoisotopic (exact) mass is 265 g/mol. The van der Waals surface area contributed by atoms with Gasteiger partial charge >= 0.3 is 0 Å². The first-order valence-corrected chi connectivity index (χ1v) is 6.74. The minimum Gasteiger partial charge on any atom is -0.392 e. The van der Waals surface area contributed by atoms with Crippen LogP contribution in [-0.2, 0) is 6.61 Å². The van der Waals surface area contributed by atoms with Crippen molar-refractivity contribution >= 4 is 5.82 Å². The Labute approximate surface area is 114 Å². The molecule has 0 bridgehead atoms. The Bertz CT molecular complexity index is 409. The molecule has 5 nitrogen and oxygen atoms in total. The van der Waals surface area contributed by atoms with Gasteiger partial charge in [0.2, 0.25) is 0 Å². The van der Waals surface area contributed by atoms with Crippen LogP contribution in [0.15, 0.2) is 18.3 Å². The van der Waals surface area contributed by atoms with E-state index >= 15 is 0 Å². The second-order valence-electron chi connectivity index (χ2n) is 5.72. The Morgan fingerprint density at radius 3 is 2.53 bits per heavy atom. The van der Waals surface area contributed by atoms with Gasteiger partial charge in [0.25, 0.3) is 0 Å². The molecule has 0 unspecified atom stereocenters. The number of anilines is 1. The molecule has 2 heterocycles. The lowest BCUT2D eigenvalue weighted by Gasteiger charge is -2.38. The van der Waals surface area contributed by atoms with E-state index in [-0.39, 0.29) is 6.61 Å². The maximum Gasteiger partial charge on any atom is 0.134 e. The Morgan fingerprint density at radius 2 is 1.95 bits per heavy atom. The fraction of sp³-hybridized carbons (Fsp3) is 0.643.